The van der Waals surface area contributed by atoms with Crippen LogP contribution >= 0.6 is 15.9 Å². The maximum atomic E-state index is 12.8. The number of rotatable bonds is 1. The Morgan fingerprint density at radius 2 is 1.94 bits per heavy atom. The summed E-state index contributed by atoms with van der Waals surface area (Å²) in [5, 5.41) is 4.17. The van der Waals surface area contributed by atoms with Crippen LogP contribution in [0.25, 0.3) is 10.9 Å². The number of carbonyl (C=O) groups is 1. The zero-order chi connectivity index (χ0) is 21.9. The summed E-state index contributed by atoms with van der Waals surface area (Å²) in [6.07, 6.45) is 5.00. The quantitative estimate of drug-likeness (QED) is 0.584. The van der Waals surface area contributed by atoms with E-state index in [2.05, 4.69) is 37.1 Å². The lowest BCUT2D eigenvalue weighted by molar-refractivity contribution is 0.00610. The summed E-state index contributed by atoms with van der Waals surface area (Å²) in [6.45, 7) is 5.68. The van der Waals surface area contributed by atoms with Crippen molar-refractivity contribution >= 4 is 50.2 Å². The van der Waals surface area contributed by atoms with Crippen molar-refractivity contribution in [3.63, 3.8) is 0 Å². The molecular weight excluding hydrogens is 460 g/mol. The highest BCUT2D eigenvalue weighted by Crippen LogP contribution is 2.47. The Hall–Kier alpha value is -2.57. The number of hydrogen-bond acceptors (Lipinski definition) is 6. The second kappa shape index (κ2) is 7.24. The highest BCUT2D eigenvalue weighted by molar-refractivity contribution is 9.10. The predicted molar refractivity (Wildman–Crippen MR) is 123 cm³/mol. The molecule has 0 saturated carbocycles. The molecule has 3 aliphatic rings. The van der Waals surface area contributed by atoms with Gasteiger partial charge in [0.05, 0.1) is 23.1 Å². The van der Waals surface area contributed by atoms with Crippen LogP contribution in [0.5, 0.6) is 0 Å². The predicted octanol–water partition coefficient (Wildman–Crippen LogP) is 4.83. The van der Waals surface area contributed by atoms with Gasteiger partial charge in [0.25, 0.3) is 0 Å². The van der Waals surface area contributed by atoms with Gasteiger partial charge in [0.1, 0.15) is 5.60 Å². The van der Waals surface area contributed by atoms with Gasteiger partial charge >= 0.3 is 6.09 Å². The van der Waals surface area contributed by atoms with Gasteiger partial charge in [-0.05, 0) is 64.7 Å². The number of aromatic nitrogens is 1. The van der Waals surface area contributed by atoms with Crippen molar-refractivity contribution in [3.8, 4) is 0 Å². The molecule has 2 saturated heterocycles. The first-order chi connectivity index (χ1) is 14.7. The van der Waals surface area contributed by atoms with Crippen molar-refractivity contribution in [3.05, 3.63) is 34.7 Å². The van der Waals surface area contributed by atoms with Crippen LogP contribution in [0.15, 0.2) is 34.7 Å². The number of hydrogen-bond donors (Lipinski definition) is 1. The number of ether oxygens (including phenoxy) is 1. The molecule has 162 valence electrons. The molecular formula is C23H25BrN4O3. The Morgan fingerprint density at radius 1 is 1.23 bits per heavy atom. The van der Waals surface area contributed by atoms with Crippen molar-refractivity contribution in [1.82, 2.24) is 9.88 Å². The number of piperidine rings is 1. The number of benzene rings is 1. The van der Waals surface area contributed by atoms with E-state index in [1.165, 1.54) is 0 Å². The van der Waals surface area contributed by atoms with Gasteiger partial charge in [-0.2, -0.15) is 0 Å². The van der Waals surface area contributed by atoms with Crippen molar-refractivity contribution in [2.45, 2.75) is 70.2 Å². The second-order valence-electron chi connectivity index (χ2n) is 9.53. The van der Waals surface area contributed by atoms with E-state index in [9.17, 15) is 9.59 Å². The first-order valence-corrected chi connectivity index (χ1v) is 11.5. The van der Waals surface area contributed by atoms with Crippen LogP contribution in [0.2, 0.25) is 0 Å². The van der Waals surface area contributed by atoms with Crippen LogP contribution < -0.4 is 10.2 Å². The lowest BCUT2D eigenvalue weighted by Gasteiger charge is -2.42. The summed E-state index contributed by atoms with van der Waals surface area (Å²) in [4.78, 5) is 33.2. The summed E-state index contributed by atoms with van der Waals surface area (Å²) in [7, 11) is 0. The zero-order valence-corrected chi connectivity index (χ0v) is 19.4. The molecule has 8 heteroatoms. The van der Waals surface area contributed by atoms with Gasteiger partial charge in [-0.25, -0.2) is 9.59 Å². The van der Waals surface area contributed by atoms with Crippen LogP contribution in [0, 0.1) is 0 Å². The molecule has 2 aromatic rings. The fourth-order valence-electron chi connectivity index (χ4n) is 5.21. The van der Waals surface area contributed by atoms with E-state index < -0.39 is 5.60 Å². The fraction of sp³-hybridized carbons (Fsp3) is 0.478. The van der Waals surface area contributed by atoms with Crippen LogP contribution in [-0.2, 0) is 9.53 Å². The number of nitrogens with zero attached hydrogens (tertiary/aromatic N) is 3. The largest absolute Gasteiger partial charge is 0.444 e. The smallest absolute Gasteiger partial charge is 0.410 e. The Labute approximate surface area is 189 Å². The van der Waals surface area contributed by atoms with Crippen molar-refractivity contribution in [1.29, 1.82) is 0 Å². The Bertz CT molecular complexity index is 1110. The van der Waals surface area contributed by atoms with Gasteiger partial charge in [0.15, 0.2) is 11.8 Å². The summed E-state index contributed by atoms with van der Waals surface area (Å²) < 4.78 is 6.63. The third kappa shape index (κ3) is 3.48. The molecule has 1 aromatic heterocycles. The van der Waals surface area contributed by atoms with E-state index in [0.717, 1.165) is 52.4 Å². The van der Waals surface area contributed by atoms with Crippen molar-refractivity contribution in [2.24, 2.45) is 0 Å². The van der Waals surface area contributed by atoms with Crippen LogP contribution in [0.4, 0.5) is 16.2 Å². The van der Waals surface area contributed by atoms with Gasteiger partial charge < -0.3 is 19.9 Å². The topological polar surface area (TPSA) is 74.8 Å². The number of nitrogens with one attached hydrogen (secondary N) is 1. The summed E-state index contributed by atoms with van der Waals surface area (Å²) >= 11 is 3.56. The molecule has 3 aliphatic heterocycles. The van der Waals surface area contributed by atoms with Gasteiger partial charge in [0.2, 0.25) is 0 Å². The SMILES string of the molecule is CC(C)(C)OC(=O)N1C2CCC1CC(N1C(=C=O)Nc3cnc4ccc(Br)cc4c31)C2. The number of anilines is 2. The number of pyridine rings is 1. The summed E-state index contributed by atoms with van der Waals surface area (Å²) in [6, 6.07) is 6.27. The van der Waals surface area contributed by atoms with Gasteiger partial charge in [-0.15, -0.1) is 0 Å². The van der Waals surface area contributed by atoms with Crippen LogP contribution in [0.3, 0.4) is 0 Å². The standard InChI is InChI=1S/C23H25BrN4O3/c1-23(2,3)31-22(30)27-14-5-6-15(27)10-16(9-14)28-20(12-29)26-19-11-25-18-7-4-13(24)8-17(18)21(19)28/h4,7-8,11,14-16,26H,5-6,9-10H2,1-3H3. The normalized spacial score (nSPS) is 24.8. The molecule has 0 spiro atoms. The molecule has 1 N–H and O–H groups in total. The monoisotopic (exact) mass is 484 g/mol. The number of fused-ring (bicyclic) bond motifs is 5. The third-order valence-corrected chi connectivity index (χ3v) is 6.80. The maximum Gasteiger partial charge on any atom is 0.410 e. The molecule has 2 fully saturated rings. The lowest BCUT2D eigenvalue weighted by atomic mass is 9.95. The molecule has 1 aromatic carbocycles. The minimum Gasteiger partial charge on any atom is -0.444 e. The number of amides is 1. The Kier molecular flexibility index (Phi) is 4.75. The number of halogens is 1. The minimum atomic E-state index is -0.516. The maximum absolute atomic E-state index is 12.8. The minimum absolute atomic E-state index is 0.0889. The van der Waals surface area contributed by atoms with Crippen molar-refractivity contribution in [2.75, 3.05) is 10.2 Å². The van der Waals surface area contributed by atoms with E-state index in [-0.39, 0.29) is 24.2 Å². The summed E-state index contributed by atoms with van der Waals surface area (Å²) in [5.74, 6) is 2.51. The molecule has 0 radical (unpaired) electrons. The van der Waals surface area contributed by atoms with Crippen LogP contribution in [0.1, 0.15) is 46.5 Å². The Morgan fingerprint density at radius 3 is 2.58 bits per heavy atom. The van der Waals surface area contributed by atoms with Crippen LogP contribution in [-0.4, -0.2) is 45.6 Å². The first kappa shape index (κ1) is 20.3. The molecule has 1 amide bonds. The molecule has 5 rings (SSSR count). The second-order valence-corrected chi connectivity index (χ2v) is 10.4. The van der Waals surface area contributed by atoms with Crippen molar-refractivity contribution < 1.29 is 14.3 Å². The third-order valence-electron chi connectivity index (χ3n) is 6.31. The Balaban J connectivity index is 1.49. The average molecular weight is 485 g/mol. The highest BCUT2D eigenvalue weighted by atomic mass is 79.9. The van der Waals surface area contributed by atoms with E-state index in [1.807, 2.05) is 43.9 Å². The molecule has 2 unspecified atom stereocenters. The molecule has 0 aliphatic carbocycles. The summed E-state index contributed by atoms with van der Waals surface area (Å²) in [5.41, 5.74) is 2.12. The fourth-order valence-corrected chi connectivity index (χ4v) is 5.57. The zero-order valence-electron chi connectivity index (χ0n) is 17.8. The number of carbonyl (C=O) groups excluding carboxylic acids is 2. The molecule has 7 nitrogen and oxygen atoms in total. The van der Waals surface area contributed by atoms with E-state index in [4.69, 9.17) is 4.74 Å². The van der Waals surface area contributed by atoms with E-state index in [1.54, 1.807) is 6.20 Å². The molecule has 31 heavy (non-hydrogen) atoms. The molecule has 2 bridgehead atoms. The lowest BCUT2D eigenvalue weighted by Crippen LogP contribution is -2.53. The van der Waals surface area contributed by atoms with E-state index >= 15 is 0 Å². The van der Waals surface area contributed by atoms with Gasteiger partial charge in [-0.3, -0.25) is 4.98 Å². The average Bonchev–Trinajstić information content (AvgIpc) is 3.21. The highest BCUT2D eigenvalue weighted by Gasteiger charge is 2.48. The van der Waals surface area contributed by atoms with Gasteiger partial charge in [0, 0.05) is 28.0 Å². The molecule has 4 heterocycles. The first-order valence-electron chi connectivity index (χ1n) is 10.7. The molecule has 2 atom stereocenters. The van der Waals surface area contributed by atoms with E-state index in [0.29, 0.717) is 5.82 Å². The van der Waals surface area contributed by atoms with Gasteiger partial charge in [-0.1, -0.05) is 15.9 Å².